The highest BCUT2D eigenvalue weighted by Gasteiger charge is 2.18. The Morgan fingerprint density at radius 2 is 2.15 bits per heavy atom. The van der Waals surface area contributed by atoms with E-state index in [1.165, 1.54) is 17.4 Å². The van der Waals surface area contributed by atoms with Gasteiger partial charge in [0.05, 0.1) is 5.69 Å². The minimum Gasteiger partial charge on any atom is -0.452 e. The number of esters is 1. The number of aromatic nitrogens is 2. The smallest absolute Gasteiger partial charge is 0.331 e. The van der Waals surface area contributed by atoms with Crippen molar-refractivity contribution in [1.82, 2.24) is 20.0 Å². The Morgan fingerprint density at radius 3 is 2.92 bits per heavy atom. The molecule has 0 unspecified atom stereocenters. The average molecular weight is 397 g/mol. The van der Waals surface area contributed by atoms with Crippen molar-refractivity contribution in [2.45, 2.75) is 31.7 Å². The molecule has 0 atom stereocenters. The first-order valence-electron chi connectivity index (χ1n) is 8.09. The predicted octanol–water partition coefficient (Wildman–Crippen LogP) is 2.37. The van der Waals surface area contributed by atoms with Crippen molar-refractivity contribution in [3.63, 3.8) is 0 Å². The predicted molar refractivity (Wildman–Crippen MR) is 97.0 cm³/mol. The van der Waals surface area contributed by atoms with Gasteiger partial charge in [0.25, 0.3) is 5.91 Å². The highest BCUT2D eigenvalue weighted by Crippen LogP contribution is 2.22. The van der Waals surface area contributed by atoms with Crippen LogP contribution >= 0.6 is 22.9 Å². The van der Waals surface area contributed by atoms with E-state index in [0.717, 1.165) is 31.8 Å². The second-order valence-corrected chi connectivity index (χ2v) is 7.02. The molecule has 0 bridgehead atoms. The first-order valence-corrected chi connectivity index (χ1v) is 9.35. The Labute approximate surface area is 158 Å². The number of nitrogens with zero attached hydrogens (tertiary/aromatic N) is 2. The van der Waals surface area contributed by atoms with Crippen molar-refractivity contribution in [3.8, 4) is 0 Å². The molecular weight excluding hydrogens is 380 g/mol. The van der Waals surface area contributed by atoms with Gasteiger partial charge in [-0.1, -0.05) is 24.4 Å². The normalized spacial score (nSPS) is 14.8. The molecule has 2 aromatic heterocycles. The van der Waals surface area contributed by atoms with Gasteiger partial charge < -0.3 is 10.1 Å². The van der Waals surface area contributed by atoms with Crippen molar-refractivity contribution < 1.29 is 19.1 Å². The topological polar surface area (TPSA) is 102 Å². The minimum atomic E-state index is -0.724. The van der Waals surface area contributed by atoms with Gasteiger partial charge in [-0.05, 0) is 18.9 Å². The second kappa shape index (κ2) is 8.33. The summed E-state index contributed by atoms with van der Waals surface area (Å²) in [5.41, 5.74) is 0.542. The first kappa shape index (κ1) is 18.4. The Morgan fingerprint density at radius 1 is 1.38 bits per heavy atom. The SMILES string of the molecule is O=C(COC(=O)/C=C/c1c(Cl)nc2sccn12)NC(=O)NC1CCCC1. The van der Waals surface area contributed by atoms with E-state index in [4.69, 9.17) is 16.3 Å². The summed E-state index contributed by atoms with van der Waals surface area (Å²) in [6.07, 6.45) is 8.36. The van der Waals surface area contributed by atoms with E-state index < -0.39 is 24.5 Å². The summed E-state index contributed by atoms with van der Waals surface area (Å²) in [7, 11) is 0. The number of carbonyl (C=O) groups is 3. The van der Waals surface area contributed by atoms with Crippen molar-refractivity contribution in [3.05, 3.63) is 28.5 Å². The number of halogens is 1. The Bertz CT molecular complexity index is 854. The zero-order chi connectivity index (χ0) is 18.5. The monoisotopic (exact) mass is 396 g/mol. The third-order valence-corrected chi connectivity index (χ3v) is 4.96. The van der Waals surface area contributed by atoms with Crippen LogP contribution in [0.5, 0.6) is 0 Å². The molecule has 2 aromatic rings. The summed E-state index contributed by atoms with van der Waals surface area (Å²) in [4.78, 5) is 39.9. The fraction of sp³-hybridized carbons (Fsp3) is 0.375. The van der Waals surface area contributed by atoms with Crippen molar-refractivity contribution in [2.75, 3.05) is 6.61 Å². The zero-order valence-electron chi connectivity index (χ0n) is 13.7. The Kier molecular flexibility index (Phi) is 5.89. The molecule has 26 heavy (non-hydrogen) atoms. The van der Waals surface area contributed by atoms with E-state index in [-0.39, 0.29) is 11.2 Å². The van der Waals surface area contributed by atoms with Crippen LogP contribution in [0.1, 0.15) is 31.4 Å². The van der Waals surface area contributed by atoms with Crippen LogP contribution in [0, 0.1) is 0 Å². The van der Waals surface area contributed by atoms with Crippen molar-refractivity contribution >= 4 is 51.9 Å². The van der Waals surface area contributed by atoms with E-state index in [9.17, 15) is 14.4 Å². The maximum atomic E-state index is 11.7. The van der Waals surface area contributed by atoms with E-state index in [1.54, 1.807) is 10.6 Å². The molecule has 2 heterocycles. The maximum Gasteiger partial charge on any atom is 0.331 e. The third-order valence-electron chi connectivity index (χ3n) is 3.92. The lowest BCUT2D eigenvalue weighted by Gasteiger charge is -2.12. The zero-order valence-corrected chi connectivity index (χ0v) is 15.3. The van der Waals surface area contributed by atoms with E-state index in [1.807, 2.05) is 5.38 Å². The number of urea groups is 1. The van der Waals surface area contributed by atoms with Gasteiger partial charge in [-0.15, -0.1) is 11.3 Å². The summed E-state index contributed by atoms with van der Waals surface area (Å²) in [5, 5.41) is 6.96. The number of ether oxygens (including phenoxy) is 1. The van der Waals surface area contributed by atoms with Crippen LogP contribution in [-0.4, -0.2) is 39.9 Å². The Balaban J connectivity index is 1.44. The molecule has 138 valence electrons. The largest absolute Gasteiger partial charge is 0.452 e. The number of nitrogens with one attached hydrogen (secondary N) is 2. The van der Waals surface area contributed by atoms with Gasteiger partial charge in [-0.3, -0.25) is 14.5 Å². The molecule has 1 aliphatic rings. The number of thiazole rings is 1. The van der Waals surface area contributed by atoms with Gasteiger partial charge in [0, 0.05) is 23.7 Å². The molecule has 0 spiro atoms. The minimum absolute atomic E-state index is 0.0997. The van der Waals surface area contributed by atoms with Gasteiger partial charge in [0.15, 0.2) is 16.7 Å². The van der Waals surface area contributed by atoms with Gasteiger partial charge >= 0.3 is 12.0 Å². The quantitative estimate of drug-likeness (QED) is 0.596. The molecule has 1 aliphatic carbocycles. The lowest BCUT2D eigenvalue weighted by atomic mass is 10.2. The Hall–Kier alpha value is -2.39. The third kappa shape index (κ3) is 4.61. The van der Waals surface area contributed by atoms with Gasteiger partial charge in [0.2, 0.25) is 0 Å². The molecule has 0 radical (unpaired) electrons. The highest BCUT2D eigenvalue weighted by molar-refractivity contribution is 7.15. The second-order valence-electron chi connectivity index (χ2n) is 5.79. The number of fused-ring (bicyclic) bond motifs is 1. The number of carbonyl (C=O) groups excluding carboxylic acids is 3. The lowest BCUT2D eigenvalue weighted by molar-refractivity contribution is -0.143. The molecule has 1 fully saturated rings. The molecule has 8 nitrogen and oxygen atoms in total. The standard InChI is InChI=1S/C16H17ClN4O4S/c17-14-11(21-7-8-26-16(21)20-14)5-6-13(23)25-9-12(22)19-15(24)18-10-3-1-2-4-10/h5-8,10H,1-4,9H2,(H2,18,19,22,24)/b6-5+. The first-order chi connectivity index (χ1) is 12.5. The highest BCUT2D eigenvalue weighted by atomic mass is 35.5. The molecule has 2 N–H and O–H groups in total. The molecule has 0 aromatic carbocycles. The number of rotatable bonds is 5. The van der Waals surface area contributed by atoms with Gasteiger partial charge in [-0.2, -0.15) is 0 Å². The molecule has 1 saturated carbocycles. The molecule has 3 amide bonds. The van der Waals surface area contributed by atoms with Crippen LogP contribution < -0.4 is 10.6 Å². The maximum absolute atomic E-state index is 11.7. The molecular formula is C16H17ClN4O4S. The number of amides is 3. The van der Waals surface area contributed by atoms with Gasteiger partial charge in [-0.25, -0.2) is 14.6 Å². The van der Waals surface area contributed by atoms with Crippen LogP contribution in [0.25, 0.3) is 11.0 Å². The summed E-state index contributed by atoms with van der Waals surface area (Å²) < 4.78 is 6.55. The summed E-state index contributed by atoms with van der Waals surface area (Å²) in [5.74, 6) is -1.41. The fourth-order valence-corrected chi connectivity index (χ4v) is 3.72. The van der Waals surface area contributed by atoms with E-state index in [0.29, 0.717) is 10.7 Å². The summed E-state index contributed by atoms with van der Waals surface area (Å²) in [6.45, 7) is -0.546. The van der Waals surface area contributed by atoms with Crippen LogP contribution in [0.3, 0.4) is 0 Å². The van der Waals surface area contributed by atoms with Gasteiger partial charge in [0.1, 0.15) is 0 Å². The van der Waals surface area contributed by atoms with Crippen LogP contribution in [0.15, 0.2) is 17.7 Å². The van der Waals surface area contributed by atoms with Crippen LogP contribution in [0.4, 0.5) is 4.79 Å². The van der Waals surface area contributed by atoms with Crippen LogP contribution in [0.2, 0.25) is 5.15 Å². The molecule has 10 heteroatoms. The number of imidazole rings is 1. The van der Waals surface area contributed by atoms with E-state index in [2.05, 4.69) is 15.6 Å². The number of hydrogen-bond donors (Lipinski definition) is 2. The summed E-state index contributed by atoms with van der Waals surface area (Å²) in [6, 6.07) is -0.470. The van der Waals surface area contributed by atoms with Crippen molar-refractivity contribution in [1.29, 1.82) is 0 Å². The average Bonchev–Trinajstić information content (AvgIpc) is 3.29. The van der Waals surface area contributed by atoms with Crippen molar-refractivity contribution in [2.24, 2.45) is 0 Å². The van der Waals surface area contributed by atoms with E-state index >= 15 is 0 Å². The number of imide groups is 1. The number of hydrogen-bond acceptors (Lipinski definition) is 6. The molecule has 0 saturated heterocycles. The molecule has 0 aliphatic heterocycles. The lowest BCUT2D eigenvalue weighted by Crippen LogP contribution is -2.44. The van der Waals surface area contributed by atoms with Crippen LogP contribution in [-0.2, 0) is 14.3 Å². The summed E-state index contributed by atoms with van der Waals surface area (Å²) >= 11 is 7.42. The molecule has 3 rings (SSSR count). The fourth-order valence-electron chi connectivity index (χ4n) is 2.71.